The maximum atomic E-state index is 11.3. The minimum atomic E-state index is -0.755. The Kier molecular flexibility index (Phi) is 2.87. The van der Waals surface area contributed by atoms with Crippen LogP contribution in [0.4, 0.5) is 0 Å². The lowest BCUT2D eigenvalue weighted by Gasteiger charge is -2.23. The van der Waals surface area contributed by atoms with Gasteiger partial charge in [0.25, 0.3) is 0 Å². The van der Waals surface area contributed by atoms with Gasteiger partial charge in [-0.2, -0.15) is 0 Å². The highest BCUT2D eigenvalue weighted by molar-refractivity contribution is 6.34. The van der Waals surface area contributed by atoms with E-state index in [9.17, 15) is 9.59 Å². The normalized spacial score (nSPS) is 17.8. The number of amides is 2. The molecule has 1 aliphatic carbocycles. The zero-order valence-electron chi connectivity index (χ0n) is 7.91. The van der Waals surface area contributed by atoms with Crippen molar-refractivity contribution in [3.8, 4) is 0 Å². The summed E-state index contributed by atoms with van der Waals surface area (Å²) in [6, 6.07) is 0.129. The maximum absolute atomic E-state index is 11.3. The second-order valence-corrected chi connectivity index (χ2v) is 3.47. The van der Waals surface area contributed by atoms with Gasteiger partial charge in [0.15, 0.2) is 0 Å². The van der Waals surface area contributed by atoms with Crippen molar-refractivity contribution in [1.82, 2.24) is 10.3 Å². The average molecular weight is 185 g/mol. The lowest BCUT2D eigenvalue weighted by Crippen LogP contribution is -2.47. The first-order valence-electron chi connectivity index (χ1n) is 4.35. The third kappa shape index (κ3) is 2.18. The van der Waals surface area contributed by atoms with Crippen LogP contribution in [0.3, 0.4) is 0 Å². The van der Waals surface area contributed by atoms with Crippen LogP contribution in [-0.2, 0) is 9.59 Å². The highest BCUT2D eigenvalue weighted by atomic mass is 16.2. The van der Waals surface area contributed by atoms with Gasteiger partial charge in [-0.05, 0) is 25.7 Å². The van der Waals surface area contributed by atoms with E-state index in [-0.39, 0.29) is 6.04 Å². The van der Waals surface area contributed by atoms with E-state index in [2.05, 4.69) is 0 Å². The molecule has 3 N–H and O–H groups in total. The van der Waals surface area contributed by atoms with Crippen LogP contribution >= 0.6 is 0 Å². The molecule has 0 radical (unpaired) electrons. The summed E-state index contributed by atoms with van der Waals surface area (Å²) in [5.41, 5.74) is 1.83. The molecular formula is C8H15N3O2. The van der Waals surface area contributed by atoms with Gasteiger partial charge in [-0.1, -0.05) is 0 Å². The molecule has 0 spiro atoms. The fourth-order valence-electron chi connectivity index (χ4n) is 1.30. The van der Waals surface area contributed by atoms with E-state index in [4.69, 9.17) is 5.84 Å². The fourth-order valence-corrected chi connectivity index (χ4v) is 1.30. The number of carbonyl (C=O) groups excluding carboxylic acids is 2. The molecular weight excluding hydrogens is 170 g/mol. The quantitative estimate of drug-likeness (QED) is 0.257. The van der Waals surface area contributed by atoms with E-state index in [1.807, 2.05) is 12.3 Å². The molecule has 1 atom stereocenters. The highest BCUT2D eigenvalue weighted by Gasteiger charge is 2.33. The zero-order valence-corrected chi connectivity index (χ0v) is 7.91. The molecule has 1 unspecified atom stereocenters. The monoisotopic (exact) mass is 185 g/mol. The number of carbonyl (C=O) groups is 2. The smallest absolute Gasteiger partial charge is 0.323 e. The summed E-state index contributed by atoms with van der Waals surface area (Å²) in [6.45, 7) is 1.94. The van der Waals surface area contributed by atoms with Gasteiger partial charge >= 0.3 is 11.8 Å². The number of nitrogens with zero attached hydrogens (tertiary/aromatic N) is 1. The molecule has 0 heterocycles. The van der Waals surface area contributed by atoms with Crippen LogP contribution in [0, 0.1) is 5.92 Å². The molecule has 0 aliphatic heterocycles. The summed E-state index contributed by atoms with van der Waals surface area (Å²) in [5.74, 6) is 4.09. The molecule has 1 rings (SSSR count). The molecule has 74 valence electrons. The summed E-state index contributed by atoms with van der Waals surface area (Å²) in [6.07, 6.45) is 2.28. The van der Waals surface area contributed by atoms with Crippen molar-refractivity contribution in [3.05, 3.63) is 0 Å². The number of nitrogens with one attached hydrogen (secondary N) is 1. The summed E-state index contributed by atoms with van der Waals surface area (Å²) < 4.78 is 0. The number of rotatable bonds is 2. The summed E-state index contributed by atoms with van der Waals surface area (Å²) >= 11 is 0. The molecule has 1 fully saturated rings. The van der Waals surface area contributed by atoms with Crippen LogP contribution in [0.5, 0.6) is 0 Å². The second-order valence-electron chi connectivity index (χ2n) is 3.47. The van der Waals surface area contributed by atoms with E-state index < -0.39 is 11.8 Å². The van der Waals surface area contributed by atoms with Crippen LogP contribution in [-0.4, -0.2) is 29.8 Å². The first-order valence-corrected chi connectivity index (χ1v) is 4.35. The molecule has 0 aromatic carbocycles. The standard InChI is InChI=1S/C8H15N3O2/c1-5(6-3-4-6)11(2)8(13)7(12)10-9/h5-6H,3-4,9H2,1-2H3,(H,10,12). The molecule has 0 aromatic heterocycles. The topological polar surface area (TPSA) is 75.4 Å². The van der Waals surface area contributed by atoms with Crippen molar-refractivity contribution in [3.63, 3.8) is 0 Å². The fraction of sp³-hybridized carbons (Fsp3) is 0.750. The summed E-state index contributed by atoms with van der Waals surface area (Å²) in [5, 5.41) is 0. The van der Waals surface area contributed by atoms with E-state index in [0.29, 0.717) is 5.92 Å². The molecule has 0 bridgehead atoms. The van der Waals surface area contributed by atoms with Crippen LogP contribution < -0.4 is 11.3 Å². The minimum absolute atomic E-state index is 0.129. The largest absolute Gasteiger partial charge is 0.334 e. The Morgan fingerprint density at radius 2 is 2.08 bits per heavy atom. The average Bonchev–Trinajstić information content (AvgIpc) is 2.96. The lowest BCUT2D eigenvalue weighted by atomic mass is 10.2. The van der Waals surface area contributed by atoms with Gasteiger partial charge in [0.05, 0.1) is 0 Å². The number of likely N-dealkylation sites (N-methyl/N-ethyl adjacent to an activating group) is 1. The van der Waals surface area contributed by atoms with Crippen LogP contribution in [0.2, 0.25) is 0 Å². The van der Waals surface area contributed by atoms with Crippen molar-refractivity contribution in [1.29, 1.82) is 0 Å². The Morgan fingerprint density at radius 1 is 1.54 bits per heavy atom. The van der Waals surface area contributed by atoms with Gasteiger partial charge in [-0.15, -0.1) is 0 Å². The van der Waals surface area contributed by atoms with Gasteiger partial charge in [0.1, 0.15) is 0 Å². The summed E-state index contributed by atoms with van der Waals surface area (Å²) in [7, 11) is 1.63. The number of hydrogen-bond acceptors (Lipinski definition) is 3. The zero-order chi connectivity index (χ0) is 10.0. The lowest BCUT2D eigenvalue weighted by molar-refractivity contribution is -0.146. The molecule has 13 heavy (non-hydrogen) atoms. The number of nitrogens with two attached hydrogens (primary N) is 1. The van der Waals surface area contributed by atoms with Gasteiger partial charge in [0, 0.05) is 13.1 Å². The Bertz CT molecular complexity index is 225. The van der Waals surface area contributed by atoms with E-state index in [0.717, 1.165) is 12.8 Å². The molecule has 0 aromatic rings. The van der Waals surface area contributed by atoms with Crippen molar-refractivity contribution in [2.75, 3.05) is 7.05 Å². The third-order valence-corrected chi connectivity index (χ3v) is 2.56. The Hall–Kier alpha value is -1.10. The van der Waals surface area contributed by atoms with Gasteiger partial charge in [-0.3, -0.25) is 15.0 Å². The second kappa shape index (κ2) is 3.74. The van der Waals surface area contributed by atoms with Crippen LogP contribution in [0.1, 0.15) is 19.8 Å². The predicted molar refractivity (Wildman–Crippen MR) is 47.3 cm³/mol. The highest BCUT2D eigenvalue weighted by Crippen LogP contribution is 2.34. The molecule has 5 nitrogen and oxygen atoms in total. The first kappa shape index (κ1) is 9.98. The predicted octanol–water partition coefficient (Wildman–Crippen LogP) is -0.767. The van der Waals surface area contributed by atoms with E-state index >= 15 is 0 Å². The van der Waals surface area contributed by atoms with Gasteiger partial charge < -0.3 is 4.90 Å². The minimum Gasteiger partial charge on any atom is -0.334 e. The molecule has 0 saturated heterocycles. The van der Waals surface area contributed by atoms with E-state index in [1.165, 1.54) is 4.90 Å². The van der Waals surface area contributed by atoms with Gasteiger partial charge in [0.2, 0.25) is 0 Å². The summed E-state index contributed by atoms with van der Waals surface area (Å²) in [4.78, 5) is 23.6. The molecule has 5 heteroatoms. The number of hydrazine groups is 1. The third-order valence-electron chi connectivity index (χ3n) is 2.56. The SMILES string of the molecule is CC(C1CC1)N(C)C(=O)C(=O)NN. The molecule has 1 aliphatic rings. The van der Waals surface area contributed by atoms with Crippen LogP contribution in [0.15, 0.2) is 0 Å². The Morgan fingerprint density at radius 3 is 2.46 bits per heavy atom. The molecule has 1 saturated carbocycles. The van der Waals surface area contributed by atoms with Crippen molar-refractivity contribution in [2.45, 2.75) is 25.8 Å². The maximum Gasteiger partial charge on any atom is 0.323 e. The van der Waals surface area contributed by atoms with Gasteiger partial charge in [-0.25, -0.2) is 5.84 Å². The molecule has 2 amide bonds. The Balaban J connectivity index is 2.49. The Labute approximate surface area is 77.2 Å². The van der Waals surface area contributed by atoms with Crippen molar-refractivity contribution >= 4 is 11.8 Å². The van der Waals surface area contributed by atoms with Crippen molar-refractivity contribution < 1.29 is 9.59 Å². The number of hydrogen-bond donors (Lipinski definition) is 2. The van der Waals surface area contributed by atoms with Crippen LogP contribution in [0.25, 0.3) is 0 Å². The van der Waals surface area contributed by atoms with E-state index in [1.54, 1.807) is 7.05 Å². The van der Waals surface area contributed by atoms with Crippen molar-refractivity contribution in [2.24, 2.45) is 11.8 Å². The first-order chi connectivity index (χ1) is 6.07.